The zero-order valence-corrected chi connectivity index (χ0v) is 17.9. The molecular formula is C20H17N5O4S2. The Morgan fingerprint density at radius 1 is 1.29 bits per heavy atom. The van der Waals surface area contributed by atoms with E-state index < -0.39 is 10.0 Å². The van der Waals surface area contributed by atoms with Crippen LogP contribution in [0.4, 0.5) is 15.6 Å². The standard InChI is InChI=1S/C20H17N5O4S2/c1-13-12-25(20(26)23-13)15-2-4-16(5-3-15)29-18-7-6-17(10-14(18)11-21)31(27,28)24-19-22-8-9-30-19/h2-10,13H,12H2,1H3,(H,22,24)(H,23,26). The lowest BCUT2D eigenvalue weighted by Gasteiger charge is -2.15. The van der Waals surface area contributed by atoms with Gasteiger partial charge in [0.05, 0.1) is 10.5 Å². The predicted molar refractivity (Wildman–Crippen MR) is 116 cm³/mol. The number of amides is 2. The van der Waals surface area contributed by atoms with E-state index in [2.05, 4.69) is 15.0 Å². The molecule has 31 heavy (non-hydrogen) atoms. The summed E-state index contributed by atoms with van der Waals surface area (Å²) in [7, 11) is -3.88. The van der Waals surface area contributed by atoms with Crippen LogP contribution in [-0.4, -0.2) is 32.0 Å². The van der Waals surface area contributed by atoms with E-state index >= 15 is 0 Å². The highest BCUT2D eigenvalue weighted by atomic mass is 32.2. The molecule has 9 nitrogen and oxygen atoms in total. The summed E-state index contributed by atoms with van der Waals surface area (Å²) in [6.45, 7) is 2.50. The lowest BCUT2D eigenvalue weighted by molar-refractivity contribution is 0.251. The van der Waals surface area contributed by atoms with Crippen LogP contribution >= 0.6 is 11.3 Å². The van der Waals surface area contributed by atoms with Gasteiger partial charge >= 0.3 is 6.03 Å². The number of hydrogen-bond acceptors (Lipinski definition) is 7. The van der Waals surface area contributed by atoms with Crippen LogP contribution in [0.25, 0.3) is 0 Å². The van der Waals surface area contributed by atoms with Gasteiger partial charge in [0.2, 0.25) is 0 Å². The van der Waals surface area contributed by atoms with Crippen molar-refractivity contribution in [3.05, 3.63) is 59.6 Å². The number of aromatic nitrogens is 1. The summed E-state index contributed by atoms with van der Waals surface area (Å²) in [4.78, 5) is 17.4. The molecule has 4 rings (SSSR count). The van der Waals surface area contributed by atoms with Crippen LogP contribution in [0.3, 0.4) is 0 Å². The van der Waals surface area contributed by atoms with Crippen LogP contribution < -0.4 is 19.7 Å². The molecule has 2 amide bonds. The minimum absolute atomic E-state index is 0.0684. The van der Waals surface area contributed by atoms with Crippen LogP contribution in [-0.2, 0) is 10.0 Å². The number of benzene rings is 2. The average molecular weight is 456 g/mol. The molecule has 3 aromatic rings. The number of nitrogens with zero attached hydrogens (tertiary/aromatic N) is 3. The van der Waals surface area contributed by atoms with Crippen molar-refractivity contribution in [2.24, 2.45) is 0 Å². The Morgan fingerprint density at radius 3 is 2.68 bits per heavy atom. The molecule has 158 valence electrons. The first-order valence-corrected chi connectivity index (χ1v) is 11.5. The first kappa shape index (κ1) is 20.6. The molecule has 1 aliphatic rings. The second-order valence-corrected chi connectivity index (χ2v) is 9.35. The molecule has 2 aromatic carbocycles. The van der Waals surface area contributed by atoms with Gasteiger partial charge < -0.3 is 10.1 Å². The van der Waals surface area contributed by atoms with Crippen molar-refractivity contribution in [1.29, 1.82) is 5.26 Å². The van der Waals surface area contributed by atoms with Gasteiger partial charge in [-0.2, -0.15) is 5.26 Å². The molecule has 11 heteroatoms. The first-order valence-electron chi connectivity index (χ1n) is 9.18. The molecule has 0 bridgehead atoms. The molecule has 1 aliphatic heterocycles. The van der Waals surface area contributed by atoms with Gasteiger partial charge in [-0.15, -0.1) is 11.3 Å². The molecule has 1 saturated heterocycles. The highest BCUT2D eigenvalue weighted by molar-refractivity contribution is 7.93. The molecular weight excluding hydrogens is 438 g/mol. The Morgan fingerprint density at radius 2 is 2.06 bits per heavy atom. The van der Waals surface area contributed by atoms with Crippen LogP contribution in [0, 0.1) is 11.3 Å². The van der Waals surface area contributed by atoms with E-state index in [1.54, 1.807) is 34.5 Å². The lowest BCUT2D eigenvalue weighted by atomic mass is 10.2. The summed E-state index contributed by atoms with van der Waals surface area (Å²) in [6, 6.07) is 12.8. The fraction of sp³-hybridized carbons (Fsp3) is 0.150. The number of nitrogens with one attached hydrogen (secondary N) is 2. The Hall–Kier alpha value is -3.62. The second-order valence-electron chi connectivity index (χ2n) is 6.77. The minimum atomic E-state index is -3.88. The zero-order valence-electron chi connectivity index (χ0n) is 16.3. The van der Waals surface area contributed by atoms with E-state index in [1.807, 2.05) is 13.0 Å². The summed E-state index contributed by atoms with van der Waals surface area (Å²) in [5.74, 6) is 0.667. The Labute approximate surface area is 183 Å². The highest BCUT2D eigenvalue weighted by Gasteiger charge is 2.26. The first-order chi connectivity index (χ1) is 14.9. The van der Waals surface area contributed by atoms with Gasteiger partial charge in [0.25, 0.3) is 10.0 Å². The van der Waals surface area contributed by atoms with Gasteiger partial charge in [-0.05, 0) is 49.4 Å². The maximum Gasteiger partial charge on any atom is 0.322 e. The van der Waals surface area contributed by atoms with Crippen molar-refractivity contribution in [3.63, 3.8) is 0 Å². The number of thiazole rings is 1. The fourth-order valence-corrected chi connectivity index (χ4v) is 4.85. The third-order valence-corrected chi connectivity index (χ3v) is 6.64. The number of hydrogen-bond donors (Lipinski definition) is 2. The third kappa shape index (κ3) is 4.45. The second kappa shape index (κ2) is 8.25. The fourth-order valence-electron chi connectivity index (χ4n) is 3.04. The summed E-state index contributed by atoms with van der Waals surface area (Å²) in [6.07, 6.45) is 1.49. The Bertz CT molecular complexity index is 1250. The molecule has 1 unspecified atom stereocenters. The Kier molecular flexibility index (Phi) is 5.50. The molecule has 1 atom stereocenters. The maximum absolute atomic E-state index is 12.5. The highest BCUT2D eigenvalue weighted by Crippen LogP contribution is 2.30. The molecule has 1 aromatic heterocycles. The van der Waals surface area contributed by atoms with Crippen LogP contribution in [0.1, 0.15) is 12.5 Å². The number of carbonyl (C=O) groups excluding carboxylic acids is 1. The normalized spacial score (nSPS) is 15.9. The third-order valence-electron chi connectivity index (χ3n) is 4.48. The Balaban J connectivity index is 1.52. The van der Waals surface area contributed by atoms with Gasteiger partial charge in [0.1, 0.15) is 17.6 Å². The van der Waals surface area contributed by atoms with Crippen LogP contribution in [0.5, 0.6) is 11.5 Å². The van der Waals surface area contributed by atoms with Crippen LogP contribution in [0.15, 0.2) is 58.9 Å². The van der Waals surface area contributed by atoms with E-state index in [-0.39, 0.29) is 33.4 Å². The molecule has 2 N–H and O–H groups in total. The zero-order chi connectivity index (χ0) is 22.0. The van der Waals surface area contributed by atoms with E-state index in [1.165, 1.54) is 24.4 Å². The van der Waals surface area contributed by atoms with Gasteiger partial charge in [0.15, 0.2) is 5.13 Å². The van der Waals surface area contributed by atoms with E-state index in [9.17, 15) is 18.5 Å². The molecule has 0 spiro atoms. The largest absolute Gasteiger partial charge is 0.456 e. The van der Waals surface area contributed by atoms with Crippen molar-refractivity contribution >= 4 is 38.2 Å². The minimum Gasteiger partial charge on any atom is -0.456 e. The monoisotopic (exact) mass is 455 g/mol. The summed E-state index contributed by atoms with van der Waals surface area (Å²) < 4.78 is 33.2. The molecule has 0 aliphatic carbocycles. The van der Waals surface area contributed by atoms with Crippen molar-refractivity contribution in [2.45, 2.75) is 17.9 Å². The van der Waals surface area contributed by atoms with E-state index in [0.29, 0.717) is 12.3 Å². The quantitative estimate of drug-likeness (QED) is 0.586. The number of ether oxygens (including phenoxy) is 1. The summed E-state index contributed by atoms with van der Waals surface area (Å²) in [5, 5.41) is 14.2. The SMILES string of the molecule is CC1CN(c2ccc(Oc3ccc(S(=O)(=O)Nc4nccs4)cc3C#N)cc2)C(=O)N1. The summed E-state index contributed by atoms with van der Waals surface area (Å²) in [5.41, 5.74) is 0.795. The number of carbonyl (C=O) groups is 1. The van der Waals surface area contributed by atoms with Gasteiger partial charge in [-0.3, -0.25) is 9.62 Å². The number of nitriles is 1. The topological polar surface area (TPSA) is 124 Å². The van der Waals surface area contributed by atoms with Crippen molar-refractivity contribution < 1.29 is 17.9 Å². The van der Waals surface area contributed by atoms with Gasteiger partial charge in [-0.1, -0.05) is 0 Å². The number of sulfonamides is 1. The molecule has 2 heterocycles. The smallest absolute Gasteiger partial charge is 0.322 e. The van der Waals surface area contributed by atoms with Crippen molar-refractivity contribution in [1.82, 2.24) is 10.3 Å². The predicted octanol–water partition coefficient (Wildman–Crippen LogP) is 3.53. The van der Waals surface area contributed by atoms with E-state index in [4.69, 9.17) is 4.74 Å². The van der Waals surface area contributed by atoms with Crippen molar-refractivity contribution in [2.75, 3.05) is 16.2 Å². The lowest BCUT2D eigenvalue weighted by Crippen LogP contribution is -2.27. The van der Waals surface area contributed by atoms with Gasteiger partial charge in [-0.25, -0.2) is 18.2 Å². The van der Waals surface area contributed by atoms with E-state index in [0.717, 1.165) is 17.0 Å². The number of rotatable bonds is 6. The average Bonchev–Trinajstić information content (AvgIpc) is 3.37. The number of urea groups is 1. The summed E-state index contributed by atoms with van der Waals surface area (Å²) >= 11 is 1.15. The molecule has 0 saturated carbocycles. The molecule has 0 radical (unpaired) electrons. The number of anilines is 2. The molecule has 1 fully saturated rings. The maximum atomic E-state index is 12.5. The van der Waals surface area contributed by atoms with Crippen LogP contribution in [0.2, 0.25) is 0 Å². The van der Waals surface area contributed by atoms with Gasteiger partial charge in [0, 0.05) is 29.9 Å². The van der Waals surface area contributed by atoms with Crippen molar-refractivity contribution in [3.8, 4) is 17.6 Å².